The molecule has 0 rings (SSSR count). The first-order chi connectivity index (χ1) is 4.09. The lowest BCUT2D eigenvalue weighted by atomic mass is 10.2. The fraction of sp³-hybridized carbons (Fsp3) is 0.833. The Bertz CT molecular complexity index is 107. The number of hydrogen-bond acceptors (Lipinski definition) is 3. The van der Waals surface area contributed by atoms with Gasteiger partial charge in [0.1, 0.15) is 6.04 Å². The van der Waals surface area contributed by atoms with Crippen LogP contribution in [0.3, 0.4) is 0 Å². The van der Waals surface area contributed by atoms with E-state index in [9.17, 15) is 0 Å². The molecule has 1 N–H and O–H groups in total. The molecule has 0 fully saturated rings. The molecule has 3 heteroatoms. The first kappa shape index (κ1) is 8.41. The Morgan fingerprint density at radius 2 is 2.00 bits per heavy atom. The zero-order valence-corrected chi connectivity index (χ0v) is 6.00. The Kier molecular flexibility index (Phi) is 3.21. The summed E-state index contributed by atoms with van der Waals surface area (Å²) in [6.07, 6.45) is -0.579. The first-order valence-corrected chi connectivity index (χ1v) is 2.83. The standard InChI is InChI=1S/C6H12N2O/c1-5(9)6(4-7)8(2)3/h5-6,9H,1-3H3. The number of likely N-dealkylation sites (N-methyl/N-ethyl adjacent to an activating group) is 1. The molecule has 0 aliphatic carbocycles. The van der Waals surface area contributed by atoms with E-state index in [1.807, 2.05) is 6.07 Å². The maximum absolute atomic E-state index is 8.92. The van der Waals surface area contributed by atoms with Crippen molar-refractivity contribution < 1.29 is 5.11 Å². The van der Waals surface area contributed by atoms with Crippen molar-refractivity contribution >= 4 is 0 Å². The normalized spacial score (nSPS) is 16.9. The van der Waals surface area contributed by atoms with Gasteiger partial charge in [0.25, 0.3) is 0 Å². The van der Waals surface area contributed by atoms with Crippen molar-refractivity contribution in [2.24, 2.45) is 0 Å². The quantitative estimate of drug-likeness (QED) is 0.561. The molecule has 0 aliphatic heterocycles. The maximum atomic E-state index is 8.92. The fourth-order valence-electron chi connectivity index (χ4n) is 0.655. The number of rotatable bonds is 2. The van der Waals surface area contributed by atoms with Crippen LogP contribution < -0.4 is 0 Å². The van der Waals surface area contributed by atoms with Crippen molar-refractivity contribution in [3.63, 3.8) is 0 Å². The highest BCUT2D eigenvalue weighted by Gasteiger charge is 2.14. The van der Waals surface area contributed by atoms with Crippen molar-refractivity contribution in [3.8, 4) is 6.07 Å². The molecule has 2 unspecified atom stereocenters. The second-order valence-corrected chi connectivity index (χ2v) is 2.28. The van der Waals surface area contributed by atoms with Crippen LogP contribution in [0.15, 0.2) is 0 Å². The lowest BCUT2D eigenvalue weighted by Gasteiger charge is -2.18. The number of nitriles is 1. The first-order valence-electron chi connectivity index (χ1n) is 2.83. The molecule has 0 heterocycles. The highest BCUT2D eigenvalue weighted by atomic mass is 16.3. The summed E-state index contributed by atoms with van der Waals surface area (Å²) in [4.78, 5) is 1.69. The van der Waals surface area contributed by atoms with Gasteiger partial charge in [0.15, 0.2) is 0 Å². The molecule has 3 nitrogen and oxygen atoms in total. The van der Waals surface area contributed by atoms with Gasteiger partial charge in [-0.05, 0) is 21.0 Å². The molecule has 0 amide bonds. The predicted octanol–water partition coefficient (Wildman–Crippen LogP) is -0.179. The van der Waals surface area contributed by atoms with Gasteiger partial charge in [0.2, 0.25) is 0 Å². The molecular weight excluding hydrogens is 116 g/mol. The minimum Gasteiger partial charge on any atom is -0.391 e. The third-order valence-corrected chi connectivity index (χ3v) is 1.15. The Morgan fingerprint density at radius 3 is 2.00 bits per heavy atom. The smallest absolute Gasteiger partial charge is 0.123 e. The van der Waals surface area contributed by atoms with Crippen molar-refractivity contribution in [2.45, 2.75) is 19.1 Å². The summed E-state index contributed by atoms with van der Waals surface area (Å²) in [5.41, 5.74) is 0. The van der Waals surface area contributed by atoms with Crippen molar-refractivity contribution in [2.75, 3.05) is 14.1 Å². The third-order valence-electron chi connectivity index (χ3n) is 1.15. The van der Waals surface area contributed by atoms with E-state index in [4.69, 9.17) is 10.4 Å². The molecule has 0 saturated carbocycles. The summed E-state index contributed by atoms with van der Waals surface area (Å²) in [5, 5.41) is 17.3. The van der Waals surface area contributed by atoms with E-state index in [1.54, 1.807) is 25.9 Å². The van der Waals surface area contributed by atoms with Crippen LogP contribution in [-0.2, 0) is 0 Å². The Labute approximate surface area is 55.5 Å². The van der Waals surface area contributed by atoms with Crippen LogP contribution in [0.25, 0.3) is 0 Å². The zero-order chi connectivity index (χ0) is 7.44. The minimum absolute atomic E-state index is 0.384. The number of aliphatic hydroxyl groups excluding tert-OH is 1. The van der Waals surface area contributed by atoms with Crippen LogP contribution in [-0.4, -0.2) is 36.2 Å². The average Bonchev–Trinajstić information content (AvgIpc) is 1.64. The molecule has 0 aliphatic rings. The van der Waals surface area contributed by atoms with E-state index in [0.717, 1.165) is 0 Å². The van der Waals surface area contributed by atoms with Gasteiger partial charge in [0, 0.05) is 0 Å². The number of nitrogens with zero attached hydrogens (tertiary/aromatic N) is 2. The molecule has 0 aromatic heterocycles. The maximum Gasteiger partial charge on any atom is 0.123 e. The fourth-order valence-corrected chi connectivity index (χ4v) is 0.655. The number of aliphatic hydroxyl groups is 1. The van der Waals surface area contributed by atoms with E-state index < -0.39 is 6.10 Å². The summed E-state index contributed by atoms with van der Waals surface area (Å²) in [5.74, 6) is 0. The van der Waals surface area contributed by atoms with Gasteiger partial charge in [-0.15, -0.1) is 0 Å². The average molecular weight is 128 g/mol. The largest absolute Gasteiger partial charge is 0.391 e. The molecule has 0 bridgehead atoms. The molecule has 52 valence electrons. The summed E-state index contributed by atoms with van der Waals surface area (Å²) >= 11 is 0. The van der Waals surface area contributed by atoms with Gasteiger partial charge >= 0.3 is 0 Å². The SMILES string of the molecule is CC(O)C(C#N)N(C)C. The summed E-state index contributed by atoms with van der Waals surface area (Å²) in [6.45, 7) is 1.61. The lowest BCUT2D eigenvalue weighted by Crippen LogP contribution is -2.35. The summed E-state index contributed by atoms with van der Waals surface area (Å²) < 4.78 is 0. The molecule has 0 saturated heterocycles. The summed E-state index contributed by atoms with van der Waals surface area (Å²) in [6, 6.07) is 1.59. The Balaban J connectivity index is 3.87. The van der Waals surface area contributed by atoms with Gasteiger partial charge in [0.05, 0.1) is 12.2 Å². The van der Waals surface area contributed by atoms with Crippen molar-refractivity contribution in [1.29, 1.82) is 5.26 Å². The van der Waals surface area contributed by atoms with Crippen LogP contribution in [0, 0.1) is 11.3 Å². The molecule has 0 aromatic rings. The van der Waals surface area contributed by atoms with Crippen molar-refractivity contribution in [1.82, 2.24) is 4.90 Å². The molecular formula is C6H12N2O. The van der Waals surface area contributed by atoms with Crippen molar-refractivity contribution in [3.05, 3.63) is 0 Å². The van der Waals surface area contributed by atoms with E-state index in [-0.39, 0.29) is 6.04 Å². The van der Waals surface area contributed by atoms with E-state index >= 15 is 0 Å². The molecule has 9 heavy (non-hydrogen) atoms. The highest BCUT2D eigenvalue weighted by Crippen LogP contribution is 1.96. The Morgan fingerprint density at radius 1 is 1.56 bits per heavy atom. The molecule has 0 aromatic carbocycles. The van der Waals surface area contributed by atoms with Gasteiger partial charge in [-0.2, -0.15) is 5.26 Å². The third kappa shape index (κ3) is 2.45. The van der Waals surface area contributed by atoms with E-state index in [1.165, 1.54) is 0 Å². The van der Waals surface area contributed by atoms with Gasteiger partial charge in [-0.1, -0.05) is 0 Å². The monoisotopic (exact) mass is 128 g/mol. The summed E-state index contributed by atoms with van der Waals surface area (Å²) in [7, 11) is 3.53. The second-order valence-electron chi connectivity index (χ2n) is 2.28. The highest BCUT2D eigenvalue weighted by molar-refractivity contribution is 4.92. The van der Waals surface area contributed by atoms with Gasteiger partial charge in [-0.3, -0.25) is 4.90 Å². The molecule has 0 spiro atoms. The van der Waals surface area contributed by atoms with Crippen LogP contribution in [0.2, 0.25) is 0 Å². The van der Waals surface area contributed by atoms with Crippen LogP contribution in [0.1, 0.15) is 6.92 Å². The lowest BCUT2D eigenvalue weighted by molar-refractivity contribution is 0.120. The Hall–Kier alpha value is -0.590. The van der Waals surface area contributed by atoms with Crippen LogP contribution in [0.5, 0.6) is 0 Å². The van der Waals surface area contributed by atoms with Crippen LogP contribution in [0.4, 0.5) is 0 Å². The molecule has 2 atom stereocenters. The molecule has 0 radical (unpaired) electrons. The second kappa shape index (κ2) is 3.44. The zero-order valence-electron chi connectivity index (χ0n) is 6.00. The number of hydrogen-bond donors (Lipinski definition) is 1. The van der Waals surface area contributed by atoms with E-state index in [0.29, 0.717) is 0 Å². The van der Waals surface area contributed by atoms with Gasteiger partial charge in [-0.25, -0.2) is 0 Å². The topological polar surface area (TPSA) is 47.3 Å². The predicted molar refractivity (Wildman–Crippen MR) is 34.8 cm³/mol. The minimum atomic E-state index is -0.579. The van der Waals surface area contributed by atoms with E-state index in [2.05, 4.69) is 0 Å². The van der Waals surface area contributed by atoms with Crippen LogP contribution >= 0.6 is 0 Å². The van der Waals surface area contributed by atoms with Gasteiger partial charge < -0.3 is 5.11 Å².